The monoisotopic (exact) mass is 257 g/mol. The lowest BCUT2D eigenvalue weighted by Crippen LogP contribution is -2.02. The van der Waals surface area contributed by atoms with Crippen molar-refractivity contribution in [2.75, 3.05) is 5.75 Å². The van der Waals surface area contributed by atoms with Crippen molar-refractivity contribution in [3.05, 3.63) is 48.3 Å². The smallest absolute Gasteiger partial charge is 0.167 e. The molecule has 0 amide bonds. The van der Waals surface area contributed by atoms with Gasteiger partial charge in [0.05, 0.1) is 6.07 Å². The Balaban J connectivity index is 1.90. The van der Waals surface area contributed by atoms with Gasteiger partial charge < -0.3 is 4.57 Å². The quantitative estimate of drug-likeness (QED) is 0.589. The van der Waals surface area contributed by atoms with Gasteiger partial charge in [0.15, 0.2) is 5.16 Å². The molecule has 2 rings (SSSR count). The highest BCUT2D eigenvalue weighted by Crippen LogP contribution is 2.17. The Kier molecular flexibility index (Phi) is 4.86. The molecule has 3 nitrogen and oxygen atoms in total. The number of nitrogens with zero attached hydrogens (tertiary/aromatic N) is 3. The predicted molar refractivity (Wildman–Crippen MR) is 73.3 cm³/mol. The van der Waals surface area contributed by atoms with Gasteiger partial charge in [-0.1, -0.05) is 42.1 Å². The lowest BCUT2D eigenvalue weighted by atomic mass is 10.1. The van der Waals surface area contributed by atoms with Crippen LogP contribution in [0.25, 0.3) is 0 Å². The fraction of sp³-hybridized carbons (Fsp3) is 0.286. The molecule has 0 aliphatic heterocycles. The first-order chi connectivity index (χ1) is 8.90. The molecule has 4 heteroatoms. The van der Waals surface area contributed by atoms with Crippen LogP contribution in [-0.2, 0) is 13.0 Å². The van der Waals surface area contributed by atoms with Crippen molar-refractivity contribution < 1.29 is 0 Å². The summed E-state index contributed by atoms with van der Waals surface area (Å²) in [4.78, 5) is 4.32. The van der Waals surface area contributed by atoms with Crippen LogP contribution in [0.4, 0.5) is 0 Å². The average molecular weight is 257 g/mol. The maximum Gasteiger partial charge on any atom is 0.167 e. The second-order valence-corrected chi connectivity index (χ2v) is 4.96. The van der Waals surface area contributed by atoms with Gasteiger partial charge >= 0.3 is 0 Å². The van der Waals surface area contributed by atoms with E-state index in [4.69, 9.17) is 5.26 Å². The van der Waals surface area contributed by atoms with Crippen LogP contribution in [0, 0.1) is 11.3 Å². The first-order valence-corrected chi connectivity index (χ1v) is 6.93. The molecule has 0 saturated heterocycles. The molecular formula is C14H15N3S. The average Bonchev–Trinajstić information content (AvgIpc) is 2.86. The number of rotatable bonds is 6. The van der Waals surface area contributed by atoms with E-state index in [2.05, 4.69) is 39.9 Å². The zero-order valence-electron chi connectivity index (χ0n) is 10.1. The molecule has 92 valence electrons. The molecule has 18 heavy (non-hydrogen) atoms. The van der Waals surface area contributed by atoms with E-state index >= 15 is 0 Å². The third kappa shape index (κ3) is 3.64. The molecular weight excluding hydrogens is 242 g/mol. The summed E-state index contributed by atoms with van der Waals surface area (Å²) in [6.45, 7) is 0.929. The molecule has 0 unspecified atom stereocenters. The minimum absolute atomic E-state index is 0.566. The summed E-state index contributed by atoms with van der Waals surface area (Å²) < 4.78 is 2.15. The molecule has 0 spiro atoms. The number of nitriles is 1. The maximum atomic E-state index is 8.53. The van der Waals surface area contributed by atoms with E-state index in [9.17, 15) is 0 Å². The highest BCUT2D eigenvalue weighted by atomic mass is 32.2. The van der Waals surface area contributed by atoms with Crippen LogP contribution in [0.2, 0.25) is 0 Å². The number of benzene rings is 1. The Morgan fingerprint density at radius 3 is 2.89 bits per heavy atom. The summed E-state index contributed by atoms with van der Waals surface area (Å²) in [5.74, 6) is 0.804. The zero-order chi connectivity index (χ0) is 12.6. The van der Waals surface area contributed by atoms with Crippen molar-refractivity contribution >= 4 is 11.8 Å². The topological polar surface area (TPSA) is 41.6 Å². The van der Waals surface area contributed by atoms with Gasteiger partial charge in [-0.2, -0.15) is 5.26 Å². The molecule has 0 atom stereocenters. The fourth-order valence-corrected chi connectivity index (χ4v) is 2.52. The summed E-state index contributed by atoms with van der Waals surface area (Å²) in [5.41, 5.74) is 1.33. The van der Waals surface area contributed by atoms with Gasteiger partial charge in [-0.25, -0.2) is 4.98 Å². The summed E-state index contributed by atoms with van der Waals surface area (Å²) in [6.07, 6.45) is 5.39. The van der Waals surface area contributed by atoms with Crippen LogP contribution in [0.15, 0.2) is 47.9 Å². The third-order valence-corrected chi connectivity index (χ3v) is 3.61. The number of thioether (sulfide) groups is 1. The molecule has 0 bridgehead atoms. The fourth-order valence-electron chi connectivity index (χ4n) is 1.69. The van der Waals surface area contributed by atoms with Gasteiger partial charge in [0, 0.05) is 31.1 Å². The van der Waals surface area contributed by atoms with E-state index < -0.39 is 0 Å². The first kappa shape index (κ1) is 12.7. The SMILES string of the molecule is N#CCCSc1nccn1CCc1ccccc1. The Morgan fingerprint density at radius 2 is 2.11 bits per heavy atom. The standard InChI is InChI=1S/C14H15N3S/c15-8-4-12-18-14-16-9-11-17(14)10-7-13-5-2-1-3-6-13/h1-3,5-6,9,11H,4,7,10,12H2. The van der Waals surface area contributed by atoms with Gasteiger partial charge in [-0.15, -0.1) is 0 Å². The Bertz CT molecular complexity index is 513. The molecule has 0 fully saturated rings. The summed E-state index contributed by atoms with van der Waals surface area (Å²) in [6, 6.07) is 12.6. The molecule has 0 saturated carbocycles. The van der Waals surface area contributed by atoms with Gasteiger partial charge in [-0.05, 0) is 12.0 Å². The highest BCUT2D eigenvalue weighted by Gasteiger charge is 2.03. The van der Waals surface area contributed by atoms with E-state index in [0.717, 1.165) is 23.9 Å². The van der Waals surface area contributed by atoms with Crippen LogP contribution in [0.1, 0.15) is 12.0 Å². The lowest BCUT2D eigenvalue weighted by molar-refractivity contribution is 0.633. The van der Waals surface area contributed by atoms with Gasteiger partial charge in [-0.3, -0.25) is 0 Å². The van der Waals surface area contributed by atoms with E-state index in [1.807, 2.05) is 18.5 Å². The van der Waals surface area contributed by atoms with Gasteiger partial charge in [0.25, 0.3) is 0 Å². The Labute approximate surface area is 111 Å². The molecule has 1 heterocycles. The number of imidazole rings is 1. The molecule has 1 aromatic heterocycles. The van der Waals surface area contributed by atoms with Crippen LogP contribution >= 0.6 is 11.8 Å². The number of aromatic nitrogens is 2. The van der Waals surface area contributed by atoms with Crippen molar-refractivity contribution in [3.8, 4) is 6.07 Å². The summed E-state index contributed by atoms with van der Waals surface area (Å²) in [7, 11) is 0. The first-order valence-electron chi connectivity index (χ1n) is 5.95. The zero-order valence-corrected chi connectivity index (χ0v) is 10.9. The lowest BCUT2D eigenvalue weighted by Gasteiger charge is -2.06. The normalized spacial score (nSPS) is 10.2. The highest BCUT2D eigenvalue weighted by molar-refractivity contribution is 7.99. The summed E-state index contributed by atoms with van der Waals surface area (Å²) >= 11 is 1.64. The second kappa shape index (κ2) is 6.87. The molecule has 0 aliphatic carbocycles. The largest absolute Gasteiger partial charge is 0.326 e. The van der Waals surface area contributed by atoms with Crippen LogP contribution in [0.5, 0.6) is 0 Å². The van der Waals surface area contributed by atoms with Crippen molar-refractivity contribution in [1.29, 1.82) is 5.26 Å². The second-order valence-electron chi connectivity index (χ2n) is 3.90. The van der Waals surface area contributed by atoms with Gasteiger partial charge in [0.2, 0.25) is 0 Å². The van der Waals surface area contributed by atoms with Crippen LogP contribution < -0.4 is 0 Å². The van der Waals surface area contributed by atoms with Crippen molar-refractivity contribution in [2.45, 2.75) is 24.5 Å². The van der Waals surface area contributed by atoms with Crippen LogP contribution in [0.3, 0.4) is 0 Å². The van der Waals surface area contributed by atoms with E-state index in [1.54, 1.807) is 11.8 Å². The van der Waals surface area contributed by atoms with E-state index in [0.29, 0.717) is 6.42 Å². The molecule has 0 N–H and O–H groups in total. The molecule has 0 radical (unpaired) electrons. The minimum Gasteiger partial charge on any atom is -0.326 e. The van der Waals surface area contributed by atoms with Crippen molar-refractivity contribution in [1.82, 2.24) is 9.55 Å². The van der Waals surface area contributed by atoms with Gasteiger partial charge in [0.1, 0.15) is 0 Å². The minimum atomic E-state index is 0.566. The van der Waals surface area contributed by atoms with Crippen LogP contribution in [-0.4, -0.2) is 15.3 Å². The Morgan fingerprint density at radius 1 is 1.28 bits per heavy atom. The summed E-state index contributed by atoms with van der Waals surface area (Å²) in [5, 5.41) is 9.53. The van der Waals surface area contributed by atoms with E-state index in [-0.39, 0.29) is 0 Å². The van der Waals surface area contributed by atoms with Crippen molar-refractivity contribution in [3.63, 3.8) is 0 Å². The number of aryl methyl sites for hydroxylation is 2. The molecule has 0 aliphatic rings. The predicted octanol–water partition coefficient (Wildman–Crippen LogP) is 3.13. The third-order valence-electron chi connectivity index (χ3n) is 2.61. The number of hydrogen-bond acceptors (Lipinski definition) is 3. The van der Waals surface area contributed by atoms with E-state index in [1.165, 1.54) is 5.56 Å². The molecule has 1 aromatic carbocycles. The Hall–Kier alpha value is -1.73. The number of hydrogen-bond donors (Lipinski definition) is 0. The maximum absolute atomic E-state index is 8.53. The molecule has 2 aromatic rings. The van der Waals surface area contributed by atoms with Crippen molar-refractivity contribution in [2.24, 2.45) is 0 Å².